The molecule has 1 N–H and O–H groups in total. The molecule has 0 heterocycles. The van der Waals surface area contributed by atoms with Gasteiger partial charge in [0, 0.05) is 25.1 Å². The monoisotopic (exact) mass is 235 g/mol. The minimum Gasteiger partial charge on any atom is -0.380 e. The Kier molecular flexibility index (Phi) is 10.9. The average Bonchev–Trinajstić information content (AvgIpc) is 2.20. The van der Waals surface area contributed by atoms with E-state index in [1.807, 2.05) is 0 Å². The highest BCUT2D eigenvalue weighted by atomic mass is 35.5. The molecule has 15 heavy (non-hydrogen) atoms. The van der Waals surface area contributed by atoms with E-state index in [1.54, 1.807) is 0 Å². The molecule has 0 aromatic rings. The van der Waals surface area contributed by atoms with Crippen LogP contribution >= 0.6 is 11.6 Å². The zero-order valence-electron chi connectivity index (χ0n) is 10.4. The second-order valence-electron chi connectivity index (χ2n) is 4.40. The van der Waals surface area contributed by atoms with Gasteiger partial charge in [-0.25, -0.2) is 0 Å². The molecule has 0 spiro atoms. The predicted molar refractivity (Wildman–Crippen MR) is 67.7 cm³/mol. The summed E-state index contributed by atoms with van der Waals surface area (Å²) in [5, 5.41) is 3.42. The number of halogens is 1. The van der Waals surface area contributed by atoms with Crippen molar-refractivity contribution in [2.45, 2.75) is 46.1 Å². The van der Waals surface area contributed by atoms with E-state index in [1.165, 1.54) is 6.42 Å². The van der Waals surface area contributed by atoms with Crippen molar-refractivity contribution in [3.63, 3.8) is 0 Å². The third kappa shape index (κ3) is 10.5. The number of hydrogen-bond donors (Lipinski definition) is 1. The van der Waals surface area contributed by atoms with Gasteiger partial charge in [0.05, 0.1) is 6.61 Å². The molecule has 0 fully saturated rings. The summed E-state index contributed by atoms with van der Waals surface area (Å²) in [7, 11) is 0. The van der Waals surface area contributed by atoms with Gasteiger partial charge >= 0.3 is 0 Å². The van der Waals surface area contributed by atoms with Crippen LogP contribution in [0.15, 0.2) is 0 Å². The van der Waals surface area contributed by atoms with Gasteiger partial charge < -0.3 is 10.1 Å². The van der Waals surface area contributed by atoms with Gasteiger partial charge in [-0.15, -0.1) is 11.6 Å². The highest BCUT2D eigenvalue weighted by Gasteiger charge is 2.07. The number of unbranched alkanes of at least 4 members (excludes halogenated alkanes) is 1. The highest BCUT2D eigenvalue weighted by molar-refractivity contribution is 6.18. The van der Waals surface area contributed by atoms with Crippen LogP contribution < -0.4 is 5.32 Å². The maximum absolute atomic E-state index is 5.87. The van der Waals surface area contributed by atoms with Crippen molar-refractivity contribution >= 4 is 11.6 Å². The Labute approximate surface area is 99.7 Å². The molecule has 0 radical (unpaired) electrons. The van der Waals surface area contributed by atoms with Crippen LogP contribution in [-0.2, 0) is 4.74 Å². The van der Waals surface area contributed by atoms with Crippen LogP contribution in [0.2, 0.25) is 0 Å². The quantitative estimate of drug-likeness (QED) is 0.464. The van der Waals surface area contributed by atoms with Crippen molar-refractivity contribution in [1.82, 2.24) is 5.32 Å². The van der Waals surface area contributed by atoms with Gasteiger partial charge in [-0.2, -0.15) is 0 Å². The molecule has 1 unspecified atom stereocenters. The Morgan fingerprint density at radius 2 is 2.00 bits per heavy atom. The molecule has 3 heteroatoms. The number of ether oxygens (including phenoxy) is 1. The lowest BCUT2D eigenvalue weighted by Gasteiger charge is -2.17. The molecule has 92 valence electrons. The summed E-state index contributed by atoms with van der Waals surface area (Å²) < 4.78 is 5.47. The van der Waals surface area contributed by atoms with E-state index in [9.17, 15) is 0 Å². The molecule has 0 amide bonds. The normalized spacial score (nSPS) is 13.4. The fourth-order valence-electron chi connectivity index (χ4n) is 1.45. The Morgan fingerprint density at radius 3 is 2.53 bits per heavy atom. The molecule has 0 aliphatic carbocycles. The first-order valence-corrected chi connectivity index (χ1v) is 6.61. The minimum absolute atomic E-state index is 0.432. The molecule has 0 rings (SSSR count). The maximum Gasteiger partial charge on any atom is 0.0591 e. The molecule has 0 aliphatic heterocycles. The number of hydrogen-bond acceptors (Lipinski definition) is 2. The standard InChI is InChI=1S/C12H26ClNO/c1-4-5-7-15-8-6-14-12(10-13)9-11(2)3/h11-12,14H,4-10H2,1-3H3. The van der Waals surface area contributed by atoms with Gasteiger partial charge in [-0.05, 0) is 18.8 Å². The number of alkyl halides is 1. The lowest BCUT2D eigenvalue weighted by Crippen LogP contribution is -2.34. The number of rotatable bonds is 10. The Morgan fingerprint density at radius 1 is 1.27 bits per heavy atom. The fraction of sp³-hybridized carbons (Fsp3) is 1.00. The van der Waals surface area contributed by atoms with Crippen LogP contribution in [0, 0.1) is 5.92 Å². The summed E-state index contributed by atoms with van der Waals surface area (Å²) in [4.78, 5) is 0. The largest absolute Gasteiger partial charge is 0.380 e. The zero-order valence-corrected chi connectivity index (χ0v) is 11.1. The second-order valence-corrected chi connectivity index (χ2v) is 4.71. The van der Waals surface area contributed by atoms with Crippen molar-refractivity contribution in [3.05, 3.63) is 0 Å². The summed E-state index contributed by atoms with van der Waals surface area (Å²) in [5.74, 6) is 1.38. The van der Waals surface area contributed by atoms with Gasteiger partial charge in [-0.3, -0.25) is 0 Å². The van der Waals surface area contributed by atoms with Gasteiger partial charge in [0.2, 0.25) is 0 Å². The lowest BCUT2D eigenvalue weighted by atomic mass is 10.1. The van der Waals surface area contributed by atoms with E-state index < -0.39 is 0 Å². The van der Waals surface area contributed by atoms with Crippen LogP contribution in [0.3, 0.4) is 0 Å². The minimum atomic E-state index is 0.432. The molecular formula is C12H26ClNO. The highest BCUT2D eigenvalue weighted by Crippen LogP contribution is 2.05. The lowest BCUT2D eigenvalue weighted by molar-refractivity contribution is 0.130. The van der Waals surface area contributed by atoms with E-state index >= 15 is 0 Å². The smallest absolute Gasteiger partial charge is 0.0591 e. The van der Waals surface area contributed by atoms with Gasteiger partial charge in [0.1, 0.15) is 0 Å². The van der Waals surface area contributed by atoms with Crippen LogP contribution in [0.25, 0.3) is 0 Å². The third-order valence-electron chi connectivity index (χ3n) is 2.26. The van der Waals surface area contributed by atoms with Crippen molar-refractivity contribution in [1.29, 1.82) is 0 Å². The molecule has 0 aromatic heterocycles. The average molecular weight is 236 g/mol. The Hall–Kier alpha value is 0.210. The van der Waals surface area contributed by atoms with Crippen molar-refractivity contribution < 1.29 is 4.74 Å². The zero-order chi connectivity index (χ0) is 11.5. The molecular weight excluding hydrogens is 210 g/mol. The summed E-state index contributed by atoms with van der Waals surface area (Å²) in [6.45, 7) is 9.21. The molecule has 0 saturated carbocycles. The van der Waals surface area contributed by atoms with Crippen LogP contribution in [-0.4, -0.2) is 31.7 Å². The van der Waals surface area contributed by atoms with E-state index in [4.69, 9.17) is 16.3 Å². The molecule has 2 nitrogen and oxygen atoms in total. The molecule has 1 atom stereocenters. The predicted octanol–water partition coefficient (Wildman–Crippen LogP) is 3.05. The van der Waals surface area contributed by atoms with Crippen LogP contribution in [0.5, 0.6) is 0 Å². The Bertz CT molecular complexity index is 131. The van der Waals surface area contributed by atoms with Gasteiger partial charge in [0.15, 0.2) is 0 Å². The topological polar surface area (TPSA) is 21.3 Å². The first-order valence-electron chi connectivity index (χ1n) is 6.07. The van der Waals surface area contributed by atoms with Crippen LogP contribution in [0.4, 0.5) is 0 Å². The second kappa shape index (κ2) is 10.7. The summed E-state index contributed by atoms with van der Waals surface area (Å²) >= 11 is 5.87. The summed E-state index contributed by atoms with van der Waals surface area (Å²) in [6, 6.07) is 0.432. The van der Waals surface area contributed by atoms with Crippen LogP contribution in [0.1, 0.15) is 40.0 Å². The SMILES string of the molecule is CCCCOCCNC(CCl)CC(C)C. The molecule has 0 aliphatic rings. The summed E-state index contributed by atoms with van der Waals surface area (Å²) in [5.41, 5.74) is 0. The molecule has 0 bridgehead atoms. The summed E-state index contributed by atoms with van der Waals surface area (Å²) in [6.07, 6.45) is 3.49. The van der Waals surface area contributed by atoms with E-state index in [-0.39, 0.29) is 0 Å². The van der Waals surface area contributed by atoms with Crippen molar-refractivity contribution in [2.75, 3.05) is 25.6 Å². The van der Waals surface area contributed by atoms with Crippen molar-refractivity contribution in [3.8, 4) is 0 Å². The Balaban J connectivity index is 3.30. The van der Waals surface area contributed by atoms with Crippen molar-refractivity contribution in [2.24, 2.45) is 5.92 Å². The van der Waals surface area contributed by atoms with Gasteiger partial charge in [0.25, 0.3) is 0 Å². The van der Waals surface area contributed by atoms with Gasteiger partial charge in [-0.1, -0.05) is 27.2 Å². The molecule has 0 aromatic carbocycles. The maximum atomic E-state index is 5.87. The fourth-order valence-corrected chi connectivity index (χ4v) is 1.69. The van der Waals surface area contributed by atoms with E-state index in [2.05, 4.69) is 26.1 Å². The number of nitrogens with one attached hydrogen (secondary N) is 1. The first-order chi connectivity index (χ1) is 7.20. The van der Waals surface area contributed by atoms with E-state index in [0.29, 0.717) is 17.8 Å². The van der Waals surface area contributed by atoms with E-state index in [0.717, 1.165) is 32.6 Å². The molecule has 0 saturated heterocycles. The first kappa shape index (κ1) is 15.2. The third-order valence-corrected chi connectivity index (χ3v) is 2.64.